The highest BCUT2D eigenvalue weighted by molar-refractivity contribution is 5.79. The van der Waals surface area contributed by atoms with E-state index in [-0.39, 0.29) is 11.9 Å². The van der Waals surface area contributed by atoms with Crippen molar-refractivity contribution in [2.75, 3.05) is 6.54 Å². The highest BCUT2D eigenvalue weighted by Crippen LogP contribution is 2.54. The minimum atomic E-state index is 0.122. The Kier molecular flexibility index (Phi) is 5.77. The minimum absolute atomic E-state index is 0.122. The van der Waals surface area contributed by atoms with Crippen LogP contribution in [0.25, 0.3) is 0 Å². The number of nitrogens with zero attached hydrogens (tertiary/aromatic N) is 1. The Morgan fingerprint density at radius 1 is 0.846 bits per heavy atom. The molecule has 26 heavy (non-hydrogen) atoms. The lowest BCUT2D eigenvalue weighted by Gasteiger charge is -2.29. The molecule has 1 fully saturated rings. The van der Waals surface area contributed by atoms with Gasteiger partial charge in [-0.2, -0.15) is 0 Å². The van der Waals surface area contributed by atoms with Crippen molar-refractivity contribution < 1.29 is 4.79 Å². The molecule has 0 saturated heterocycles. The van der Waals surface area contributed by atoms with Crippen molar-refractivity contribution in [3.8, 4) is 0 Å². The van der Waals surface area contributed by atoms with Crippen molar-refractivity contribution in [3.05, 3.63) is 71.8 Å². The Balaban J connectivity index is 1.73. The van der Waals surface area contributed by atoms with Crippen LogP contribution in [-0.2, 0) is 4.79 Å². The van der Waals surface area contributed by atoms with Crippen LogP contribution in [-0.4, -0.2) is 35.5 Å². The monoisotopic (exact) mass is 350 g/mol. The molecule has 0 aromatic heterocycles. The van der Waals surface area contributed by atoms with Crippen LogP contribution >= 0.6 is 0 Å². The van der Waals surface area contributed by atoms with Gasteiger partial charge in [-0.05, 0) is 38.8 Å². The molecule has 1 saturated carbocycles. The van der Waals surface area contributed by atoms with Gasteiger partial charge in [0.25, 0.3) is 0 Å². The van der Waals surface area contributed by atoms with Crippen molar-refractivity contribution >= 4 is 5.91 Å². The van der Waals surface area contributed by atoms with Gasteiger partial charge in [-0.15, -0.1) is 0 Å². The minimum Gasteiger partial charge on any atom is -0.351 e. The molecule has 1 aliphatic carbocycles. The number of hydrogen-bond donors (Lipinski definition) is 1. The van der Waals surface area contributed by atoms with Crippen LogP contribution < -0.4 is 5.32 Å². The summed E-state index contributed by atoms with van der Waals surface area (Å²) in [5, 5.41) is 3.31. The molecule has 0 aliphatic heterocycles. The second-order valence-electron chi connectivity index (χ2n) is 7.83. The molecule has 0 radical (unpaired) electrons. The first-order chi connectivity index (χ1) is 12.5. The predicted molar refractivity (Wildman–Crippen MR) is 107 cm³/mol. The first kappa shape index (κ1) is 18.7. The molecule has 0 bridgehead atoms. The van der Waals surface area contributed by atoms with Crippen molar-refractivity contribution in [3.63, 3.8) is 0 Å². The number of benzene rings is 2. The molecule has 1 unspecified atom stereocenters. The Morgan fingerprint density at radius 3 is 1.65 bits per heavy atom. The molecule has 3 heteroatoms. The van der Waals surface area contributed by atoms with Crippen LogP contribution in [0.15, 0.2) is 60.7 Å². The fraction of sp³-hybridized carbons (Fsp3) is 0.435. The summed E-state index contributed by atoms with van der Waals surface area (Å²) < 4.78 is 0. The van der Waals surface area contributed by atoms with E-state index < -0.39 is 0 Å². The zero-order valence-electron chi connectivity index (χ0n) is 16.2. The number of rotatable bonds is 7. The maximum atomic E-state index is 12.7. The molecule has 3 nitrogen and oxygen atoms in total. The summed E-state index contributed by atoms with van der Waals surface area (Å²) in [6.45, 7) is 9.02. The zero-order valence-corrected chi connectivity index (χ0v) is 16.2. The van der Waals surface area contributed by atoms with Crippen molar-refractivity contribution in [1.82, 2.24) is 10.2 Å². The third-order valence-electron chi connectivity index (χ3n) is 5.37. The van der Waals surface area contributed by atoms with E-state index in [4.69, 9.17) is 0 Å². The van der Waals surface area contributed by atoms with E-state index in [9.17, 15) is 4.79 Å². The largest absolute Gasteiger partial charge is 0.351 e. The Hall–Kier alpha value is -2.13. The summed E-state index contributed by atoms with van der Waals surface area (Å²) in [7, 11) is 0. The van der Waals surface area contributed by atoms with Gasteiger partial charge in [-0.1, -0.05) is 60.7 Å². The number of nitrogens with one attached hydrogen (secondary N) is 1. The highest BCUT2D eigenvalue weighted by Gasteiger charge is 2.52. The van der Waals surface area contributed by atoms with Crippen LogP contribution in [0.5, 0.6) is 0 Å². The number of carbonyl (C=O) groups excluding carboxylic acids is 1. The van der Waals surface area contributed by atoms with Gasteiger partial charge in [0.1, 0.15) is 0 Å². The predicted octanol–water partition coefficient (Wildman–Crippen LogP) is 4.17. The van der Waals surface area contributed by atoms with Gasteiger partial charge in [0.15, 0.2) is 0 Å². The number of carbonyl (C=O) groups is 1. The molecule has 1 amide bonds. The highest BCUT2D eigenvalue weighted by atomic mass is 16.2. The van der Waals surface area contributed by atoms with E-state index in [1.165, 1.54) is 11.1 Å². The molecule has 2 aromatic rings. The summed E-state index contributed by atoms with van der Waals surface area (Å²) in [4.78, 5) is 14.9. The van der Waals surface area contributed by atoms with Gasteiger partial charge < -0.3 is 5.32 Å². The molecule has 1 N–H and O–H groups in total. The molecular weight excluding hydrogens is 320 g/mol. The average Bonchev–Trinajstić information content (AvgIpc) is 3.34. The zero-order chi connectivity index (χ0) is 18.7. The molecular formula is C23H30N2O. The fourth-order valence-electron chi connectivity index (χ4n) is 4.03. The molecule has 2 aromatic carbocycles. The summed E-state index contributed by atoms with van der Waals surface area (Å²) in [6, 6.07) is 22.0. The van der Waals surface area contributed by atoms with Gasteiger partial charge in [0, 0.05) is 30.0 Å². The second kappa shape index (κ2) is 8.05. The van der Waals surface area contributed by atoms with E-state index in [0.717, 1.165) is 0 Å². The number of amides is 1. The lowest BCUT2D eigenvalue weighted by atomic mass is 10.0. The van der Waals surface area contributed by atoms with Crippen LogP contribution in [0.4, 0.5) is 0 Å². The van der Waals surface area contributed by atoms with E-state index in [1.54, 1.807) is 0 Å². The first-order valence-corrected chi connectivity index (χ1v) is 9.64. The Bertz CT molecular complexity index is 658. The molecule has 0 heterocycles. The maximum Gasteiger partial charge on any atom is 0.234 e. The smallest absolute Gasteiger partial charge is 0.234 e. The molecule has 1 aliphatic rings. The quantitative estimate of drug-likeness (QED) is 0.813. The van der Waals surface area contributed by atoms with E-state index >= 15 is 0 Å². The normalized spacial score (nSPS) is 22.0. The van der Waals surface area contributed by atoms with Crippen molar-refractivity contribution in [2.24, 2.45) is 0 Å². The van der Waals surface area contributed by atoms with E-state index in [2.05, 4.69) is 86.4 Å². The lowest BCUT2D eigenvalue weighted by molar-refractivity contribution is -0.123. The van der Waals surface area contributed by atoms with Crippen LogP contribution in [0.2, 0.25) is 0 Å². The Morgan fingerprint density at radius 2 is 1.27 bits per heavy atom. The van der Waals surface area contributed by atoms with Crippen molar-refractivity contribution in [2.45, 2.75) is 57.7 Å². The average molecular weight is 351 g/mol. The van der Waals surface area contributed by atoms with Gasteiger partial charge in [0.2, 0.25) is 5.91 Å². The fourth-order valence-corrected chi connectivity index (χ4v) is 4.03. The summed E-state index contributed by atoms with van der Waals surface area (Å²) in [6.07, 6.45) is 0. The first-order valence-electron chi connectivity index (χ1n) is 9.64. The summed E-state index contributed by atoms with van der Waals surface area (Å²) in [5.74, 6) is 0.833. The third kappa shape index (κ3) is 4.16. The standard InChI is InChI=1S/C23H30N2O/c1-16(2)25(17(3)4)15-20(26)24-23-21(18-11-7-5-8-12-18)22(23)19-13-9-6-10-14-19/h5-14,16-17,21-23H,15H2,1-4H3,(H,24,26)/t21-,22+,23?. The van der Waals surface area contributed by atoms with Gasteiger partial charge in [0.05, 0.1) is 6.54 Å². The maximum absolute atomic E-state index is 12.7. The summed E-state index contributed by atoms with van der Waals surface area (Å²) in [5.41, 5.74) is 2.60. The van der Waals surface area contributed by atoms with E-state index in [0.29, 0.717) is 30.5 Å². The van der Waals surface area contributed by atoms with E-state index in [1.807, 2.05) is 12.1 Å². The number of hydrogen-bond acceptors (Lipinski definition) is 2. The van der Waals surface area contributed by atoms with Crippen LogP contribution in [0.3, 0.4) is 0 Å². The molecule has 3 atom stereocenters. The van der Waals surface area contributed by atoms with Crippen LogP contribution in [0.1, 0.15) is 50.7 Å². The SMILES string of the molecule is CC(C)N(CC(=O)NC1[C@@H](c2ccccc2)[C@H]1c1ccccc1)C(C)C. The topological polar surface area (TPSA) is 32.3 Å². The molecule has 138 valence electrons. The van der Waals surface area contributed by atoms with Gasteiger partial charge >= 0.3 is 0 Å². The molecule has 3 rings (SSSR count). The second-order valence-corrected chi connectivity index (χ2v) is 7.83. The van der Waals surface area contributed by atoms with Gasteiger partial charge in [-0.3, -0.25) is 9.69 Å². The summed E-state index contributed by atoms with van der Waals surface area (Å²) >= 11 is 0. The lowest BCUT2D eigenvalue weighted by Crippen LogP contribution is -2.45. The third-order valence-corrected chi connectivity index (χ3v) is 5.37. The molecule has 0 spiro atoms. The van der Waals surface area contributed by atoms with Gasteiger partial charge in [-0.25, -0.2) is 0 Å². The van der Waals surface area contributed by atoms with Crippen molar-refractivity contribution in [1.29, 1.82) is 0 Å². The Labute approximate surface area is 157 Å². The van der Waals surface area contributed by atoms with Crippen LogP contribution in [0, 0.1) is 0 Å².